The first-order valence-electron chi connectivity index (χ1n) is 3.31. The van der Waals surface area contributed by atoms with Gasteiger partial charge in [-0.25, -0.2) is 5.01 Å². The molecular weight excluding hydrogens is 130 g/mol. The Labute approximate surface area is 58.7 Å². The molecule has 0 saturated heterocycles. The molecule has 4 nitrogen and oxygen atoms in total. The summed E-state index contributed by atoms with van der Waals surface area (Å²) in [5.74, 6) is 1.15. The summed E-state index contributed by atoms with van der Waals surface area (Å²) in [5.41, 5.74) is 5.53. The summed E-state index contributed by atoms with van der Waals surface area (Å²) in [4.78, 5) is 11.1. The van der Waals surface area contributed by atoms with Crippen LogP contribution in [0.15, 0.2) is 5.10 Å². The summed E-state index contributed by atoms with van der Waals surface area (Å²) in [6.45, 7) is 0. The number of hydrogen-bond donors (Lipinski definition) is 1. The van der Waals surface area contributed by atoms with Gasteiger partial charge in [0.05, 0.1) is 5.92 Å². The van der Waals surface area contributed by atoms with Crippen LogP contribution in [-0.4, -0.2) is 23.8 Å². The van der Waals surface area contributed by atoms with E-state index in [4.69, 9.17) is 5.73 Å². The van der Waals surface area contributed by atoms with E-state index in [9.17, 15) is 4.79 Å². The molecule has 2 atom stereocenters. The van der Waals surface area contributed by atoms with Crippen LogP contribution < -0.4 is 5.73 Å². The molecule has 4 heteroatoms. The van der Waals surface area contributed by atoms with Gasteiger partial charge in [0.2, 0.25) is 5.91 Å². The van der Waals surface area contributed by atoms with E-state index in [1.807, 2.05) is 0 Å². The van der Waals surface area contributed by atoms with E-state index in [1.54, 1.807) is 7.05 Å². The van der Waals surface area contributed by atoms with Crippen molar-refractivity contribution in [1.82, 2.24) is 5.01 Å². The third-order valence-corrected chi connectivity index (χ3v) is 2.07. The van der Waals surface area contributed by atoms with Crippen molar-refractivity contribution < 1.29 is 4.79 Å². The average Bonchev–Trinajstić information content (AvgIpc) is 2.61. The number of nitrogens with zero attached hydrogens (tertiary/aromatic N) is 2. The molecule has 1 fully saturated rings. The van der Waals surface area contributed by atoms with E-state index < -0.39 is 0 Å². The summed E-state index contributed by atoms with van der Waals surface area (Å²) in [6, 6.07) is 0. The van der Waals surface area contributed by atoms with Crippen LogP contribution in [0, 0.1) is 11.8 Å². The standard InChI is InChI=1S/C6H9N3O/c1-9-6(10)4-2-3(4)5(7)8-9/h3-4H,2H2,1H3,(H2,7,8)/t3-,4+/m1/s1. The molecule has 1 aliphatic carbocycles. The van der Waals surface area contributed by atoms with Crippen LogP contribution in [0.2, 0.25) is 0 Å². The Morgan fingerprint density at radius 1 is 1.70 bits per heavy atom. The van der Waals surface area contributed by atoms with Gasteiger partial charge in [-0.15, -0.1) is 0 Å². The Morgan fingerprint density at radius 3 is 3.10 bits per heavy atom. The van der Waals surface area contributed by atoms with Gasteiger partial charge in [0, 0.05) is 13.0 Å². The highest BCUT2D eigenvalue weighted by molar-refractivity contribution is 5.97. The zero-order chi connectivity index (χ0) is 7.30. The van der Waals surface area contributed by atoms with Gasteiger partial charge in [0.25, 0.3) is 0 Å². The molecule has 10 heavy (non-hydrogen) atoms. The smallest absolute Gasteiger partial charge is 0.246 e. The van der Waals surface area contributed by atoms with E-state index >= 15 is 0 Å². The number of hydrogen-bond acceptors (Lipinski definition) is 3. The number of amidine groups is 1. The highest BCUT2D eigenvalue weighted by Crippen LogP contribution is 2.42. The maximum Gasteiger partial charge on any atom is 0.246 e. The predicted molar refractivity (Wildman–Crippen MR) is 36.0 cm³/mol. The van der Waals surface area contributed by atoms with Crippen LogP contribution in [0.4, 0.5) is 0 Å². The SMILES string of the molecule is CN1N=C(N)[C@@H]2C[C@@H]2C1=O. The number of carbonyl (C=O) groups excluding carboxylic acids is 1. The number of amides is 1. The molecule has 0 radical (unpaired) electrons. The minimum atomic E-state index is 0.110. The molecule has 2 N–H and O–H groups in total. The molecule has 1 amide bonds. The second-order valence-corrected chi connectivity index (χ2v) is 2.84. The van der Waals surface area contributed by atoms with Crippen LogP contribution in [0.1, 0.15) is 6.42 Å². The highest BCUT2D eigenvalue weighted by Gasteiger charge is 2.49. The van der Waals surface area contributed by atoms with Crippen molar-refractivity contribution in [1.29, 1.82) is 0 Å². The molecule has 1 saturated carbocycles. The van der Waals surface area contributed by atoms with Crippen molar-refractivity contribution >= 4 is 11.7 Å². The van der Waals surface area contributed by atoms with E-state index in [-0.39, 0.29) is 17.7 Å². The van der Waals surface area contributed by atoms with Gasteiger partial charge in [0.1, 0.15) is 5.84 Å². The van der Waals surface area contributed by atoms with Crippen molar-refractivity contribution in [2.75, 3.05) is 7.05 Å². The Balaban J connectivity index is 2.30. The van der Waals surface area contributed by atoms with Gasteiger partial charge in [-0.3, -0.25) is 4.79 Å². The summed E-state index contributed by atoms with van der Waals surface area (Å²) in [7, 11) is 1.64. The lowest BCUT2D eigenvalue weighted by molar-refractivity contribution is -0.131. The quantitative estimate of drug-likeness (QED) is 0.485. The topological polar surface area (TPSA) is 58.7 Å². The predicted octanol–water partition coefficient (Wildman–Crippen LogP) is -0.633. The molecule has 1 aliphatic heterocycles. The molecule has 54 valence electrons. The van der Waals surface area contributed by atoms with Crippen molar-refractivity contribution in [3.63, 3.8) is 0 Å². The number of fused-ring (bicyclic) bond motifs is 1. The van der Waals surface area contributed by atoms with Gasteiger partial charge in [-0.1, -0.05) is 0 Å². The molecular formula is C6H9N3O. The minimum Gasteiger partial charge on any atom is -0.385 e. The first-order valence-corrected chi connectivity index (χ1v) is 3.31. The minimum absolute atomic E-state index is 0.110. The summed E-state index contributed by atoms with van der Waals surface area (Å²) >= 11 is 0. The maximum atomic E-state index is 11.1. The van der Waals surface area contributed by atoms with Crippen molar-refractivity contribution in [3.05, 3.63) is 0 Å². The van der Waals surface area contributed by atoms with Gasteiger partial charge in [-0.2, -0.15) is 5.10 Å². The molecule has 0 unspecified atom stereocenters. The zero-order valence-corrected chi connectivity index (χ0v) is 5.74. The zero-order valence-electron chi connectivity index (χ0n) is 5.74. The van der Waals surface area contributed by atoms with Crippen molar-refractivity contribution in [2.45, 2.75) is 6.42 Å². The second kappa shape index (κ2) is 1.51. The lowest BCUT2D eigenvalue weighted by Gasteiger charge is -2.15. The monoisotopic (exact) mass is 139 g/mol. The fourth-order valence-electron chi connectivity index (χ4n) is 1.33. The third kappa shape index (κ3) is 0.558. The Kier molecular flexibility index (Phi) is 0.859. The van der Waals surface area contributed by atoms with Crippen molar-refractivity contribution in [3.8, 4) is 0 Å². The van der Waals surface area contributed by atoms with Crippen LogP contribution in [0.3, 0.4) is 0 Å². The maximum absolute atomic E-state index is 11.1. The first kappa shape index (κ1) is 5.70. The lowest BCUT2D eigenvalue weighted by atomic mass is 10.2. The Morgan fingerprint density at radius 2 is 2.40 bits per heavy atom. The van der Waals surface area contributed by atoms with Crippen molar-refractivity contribution in [2.24, 2.45) is 22.7 Å². The number of nitrogens with two attached hydrogens (primary N) is 1. The number of hydrazone groups is 1. The van der Waals surface area contributed by atoms with E-state index in [0.29, 0.717) is 5.84 Å². The summed E-state index contributed by atoms with van der Waals surface area (Å²) in [5, 5.41) is 5.20. The molecule has 0 bridgehead atoms. The molecule has 0 aromatic rings. The summed E-state index contributed by atoms with van der Waals surface area (Å²) in [6.07, 6.45) is 0.901. The van der Waals surface area contributed by atoms with Gasteiger partial charge in [0.15, 0.2) is 0 Å². The first-order chi connectivity index (χ1) is 4.70. The molecule has 0 spiro atoms. The Bertz CT molecular complexity index is 223. The van der Waals surface area contributed by atoms with E-state index in [2.05, 4.69) is 5.10 Å². The normalized spacial score (nSPS) is 37.1. The van der Waals surface area contributed by atoms with Crippen LogP contribution in [-0.2, 0) is 4.79 Å². The van der Waals surface area contributed by atoms with E-state index in [1.165, 1.54) is 5.01 Å². The molecule has 1 heterocycles. The molecule has 2 aliphatic rings. The fourth-order valence-corrected chi connectivity index (χ4v) is 1.33. The van der Waals surface area contributed by atoms with Crippen LogP contribution in [0.5, 0.6) is 0 Å². The Hall–Kier alpha value is -1.06. The molecule has 0 aromatic heterocycles. The second-order valence-electron chi connectivity index (χ2n) is 2.84. The number of carbonyl (C=O) groups is 1. The van der Waals surface area contributed by atoms with E-state index in [0.717, 1.165) is 6.42 Å². The van der Waals surface area contributed by atoms with Crippen LogP contribution >= 0.6 is 0 Å². The van der Waals surface area contributed by atoms with Crippen LogP contribution in [0.25, 0.3) is 0 Å². The number of rotatable bonds is 0. The van der Waals surface area contributed by atoms with Gasteiger partial charge >= 0.3 is 0 Å². The third-order valence-electron chi connectivity index (χ3n) is 2.07. The summed E-state index contributed by atoms with van der Waals surface area (Å²) < 4.78 is 0. The van der Waals surface area contributed by atoms with Gasteiger partial charge < -0.3 is 5.73 Å². The fraction of sp³-hybridized carbons (Fsp3) is 0.667. The van der Waals surface area contributed by atoms with Gasteiger partial charge in [-0.05, 0) is 6.42 Å². The lowest BCUT2D eigenvalue weighted by Crippen LogP contribution is -2.33. The highest BCUT2D eigenvalue weighted by atomic mass is 16.2. The largest absolute Gasteiger partial charge is 0.385 e. The molecule has 2 rings (SSSR count). The molecule has 0 aromatic carbocycles. The average molecular weight is 139 g/mol.